The van der Waals surface area contributed by atoms with Gasteiger partial charge in [0.05, 0.1) is 11.0 Å². The molecule has 0 N–H and O–H groups in total. The van der Waals surface area contributed by atoms with E-state index in [0.717, 1.165) is 5.56 Å². The number of nitrogens with zero attached hydrogens (tertiary/aromatic N) is 5. The van der Waals surface area contributed by atoms with Crippen LogP contribution < -0.4 is 0 Å². The molecule has 30 heavy (non-hydrogen) atoms. The Bertz CT molecular complexity index is 1040. The summed E-state index contributed by atoms with van der Waals surface area (Å²) in [6.07, 6.45) is 0. The van der Waals surface area contributed by atoms with Crippen LogP contribution in [0.1, 0.15) is 29.2 Å². The van der Waals surface area contributed by atoms with Crippen LogP contribution >= 0.6 is 0 Å². The van der Waals surface area contributed by atoms with Crippen molar-refractivity contribution >= 4 is 11.6 Å². The maximum atomic E-state index is 12.7. The number of hydrogen-bond donors (Lipinski definition) is 0. The van der Waals surface area contributed by atoms with E-state index < -0.39 is 4.92 Å². The Morgan fingerprint density at radius 3 is 2.53 bits per heavy atom. The molecule has 0 bridgehead atoms. The van der Waals surface area contributed by atoms with Crippen molar-refractivity contribution in [1.82, 2.24) is 19.9 Å². The third-order valence-corrected chi connectivity index (χ3v) is 5.28. The summed E-state index contributed by atoms with van der Waals surface area (Å²) in [5.74, 6) is 0.888. The molecule has 0 aliphatic carbocycles. The van der Waals surface area contributed by atoms with Crippen LogP contribution in [-0.2, 0) is 0 Å². The standard InChI is InChI=1S/C21H21N5O4/c1-15(20-22-19(23-30-20)16-6-3-2-4-7-16)24-10-12-25(13-11-24)21(27)17-8-5-9-18(14-17)26(28)29/h2-9,14-15H,10-13H2,1H3. The van der Waals surface area contributed by atoms with E-state index in [9.17, 15) is 14.9 Å². The van der Waals surface area contributed by atoms with Gasteiger partial charge < -0.3 is 9.42 Å². The number of non-ortho nitro benzene ring substituents is 1. The molecule has 1 atom stereocenters. The molecule has 1 unspecified atom stereocenters. The number of carbonyl (C=O) groups excluding carboxylic acids is 1. The van der Waals surface area contributed by atoms with Crippen molar-refractivity contribution in [2.75, 3.05) is 26.2 Å². The molecule has 0 saturated carbocycles. The normalized spacial score (nSPS) is 15.7. The van der Waals surface area contributed by atoms with E-state index in [-0.39, 0.29) is 17.6 Å². The quantitative estimate of drug-likeness (QED) is 0.472. The highest BCUT2D eigenvalue weighted by Crippen LogP contribution is 2.24. The maximum Gasteiger partial charge on any atom is 0.270 e. The predicted octanol–water partition coefficient (Wildman–Crippen LogP) is 3.16. The SMILES string of the molecule is CC(c1nc(-c2ccccc2)no1)N1CCN(C(=O)c2cccc([N+](=O)[O-])c2)CC1. The summed E-state index contributed by atoms with van der Waals surface area (Å²) in [6, 6.07) is 15.4. The number of benzene rings is 2. The van der Waals surface area contributed by atoms with E-state index in [1.807, 2.05) is 37.3 Å². The number of amides is 1. The van der Waals surface area contributed by atoms with E-state index in [4.69, 9.17) is 4.52 Å². The van der Waals surface area contributed by atoms with Gasteiger partial charge in [-0.2, -0.15) is 4.98 Å². The van der Waals surface area contributed by atoms with Crippen molar-refractivity contribution in [2.45, 2.75) is 13.0 Å². The average Bonchev–Trinajstić information content (AvgIpc) is 3.29. The zero-order chi connectivity index (χ0) is 21.1. The highest BCUT2D eigenvalue weighted by atomic mass is 16.6. The Labute approximate surface area is 173 Å². The first-order valence-electron chi connectivity index (χ1n) is 9.70. The summed E-state index contributed by atoms with van der Waals surface area (Å²) in [4.78, 5) is 31.6. The molecule has 1 aliphatic heterocycles. The van der Waals surface area contributed by atoms with Crippen molar-refractivity contribution in [1.29, 1.82) is 0 Å². The fourth-order valence-electron chi connectivity index (χ4n) is 3.51. The molecule has 2 heterocycles. The Balaban J connectivity index is 1.38. The smallest absolute Gasteiger partial charge is 0.270 e. The van der Waals surface area contributed by atoms with E-state index in [2.05, 4.69) is 15.0 Å². The summed E-state index contributed by atoms with van der Waals surface area (Å²) in [5.41, 5.74) is 1.14. The first-order valence-corrected chi connectivity index (χ1v) is 9.70. The molecular formula is C21H21N5O4. The van der Waals surface area contributed by atoms with Crippen molar-refractivity contribution in [3.05, 3.63) is 76.2 Å². The minimum Gasteiger partial charge on any atom is -0.337 e. The lowest BCUT2D eigenvalue weighted by atomic mass is 10.1. The molecule has 1 amide bonds. The van der Waals surface area contributed by atoms with Crippen molar-refractivity contribution < 1.29 is 14.2 Å². The van der Waals surface area contributed by atoms with Gasteiger partial charge in [-0.15, -0.1) is 0 Å². The van der Waals surface area contributed by atoms with Crippen LogP contribution in [0.5, 0.6) is 0 Å². The van der Waals surface area contributed by atoms with Crippen LogP contribution in [0, 0.1) is 10.1 Å². The maximum absolute atomic E-state index is 12.7. The zero-order valence-electron chi connectivity index (χ0n) is 16.5. The van der Waals surface area contributed by atoms with Gasteiger partial charge in [0.2, 0.25) is 11.7 Å². The third-order valence-electron chi connectivity index (χ3n) is 5.28. The van der Waals surface area contributed by atoms with Gasteiger partial charge in [-0.1, -0.05) is 41.6 Å². The summed E-state index contributed by atoms with van der Waals surface area (Å²) in [5, 5.41) is 15.0. The molecule has 2 aromatic carbocycles. The van der Waals surface area contributed by atoms with Crippen molar-refractivity contribution in [2.24, 2.45) is 0 Å². The molecule has 9 heteroatoms. The fraction of sp³-hybridized carbons (Fsp3) is 0.286. The number of nitro groups is 1. The van der Waals surface area contributed by atoms with Crippen molar-refractivity contribution in [3.8, 4) is 11.4 Å². The summed E-state index contributed by atoms with van der Waals surface area (Å²) >= 11 is 0. The van der Waals surface area contributed by atoms with Crippen LogP contribution in [0.4, 0.5) is 5.69 Å². The molecular weight excluding hydrogens is 386 g/mol. The second-order valence-electron chi connectivity index (χ2n) is 7.13. The Hall–Kier alpha value is -3.59. The molecule has 1 fully saturated rings. The molecule has 0 radical (unpaired) electrons. The van der Waals surface area contributed by atoms with Gasteiger partial charge in [0.1, 0.15) is 0 Å². The minimum absolute atomic E-state index is 0.0787. The highest BCUT2D eigenvalue weighted by Gasteiger charge is 2.28. The fourth-order valence-corrected chi connectivity index (χ4v) is 3.51. The topological polar surface area (TPSA) is 106 Å². The molecule has 1 saturated heterocycles. The number of rotatable bonds is 5. The lowest BCUT2D eigenvalue weighted by molar-refractivity contribution is -0.384. The first-order chi connectivity index (χ1) is 14.5. The van der Waals surface area contributed by atoms with Gasteiger partial charge >= 0.3 is 0 Å². The molecule has 1 aromatic heterocycles. The average molecular weight is 407 g/mol. The van der Waals surface area contributed by atoms with Crippen LogP contribution in [0.3, 0.4) is 0 Å². The van der Waals surface area contributed by atoms with Crippen LogP contribution in [0.2, 0.25) is 0 Å². The van der Waals surface area contributed by atoms with Crippen molar-refractivity contribution in [3.63, 3.8) is 0 Å². The number of nitro benzene ring substituents is 1. The Kier molecular flexibility index (Phi) is 5.53. The molecule has 3 aromatic rings. The summed E-state index contributed by atoms with van der Waals surface area (Å²) < 4.78 is 5.47. The van der Waals surface area contributed by atoms with E-state index in [0.29, 0.717) is 43.5 Å². The third kappa shape index (κ3) is 4.06. The van der Waals surface area contributed by atoms with Crippen LogP contribution in [0.25, 0.3) is 11.4 Å². The number of carbonyl (C=O) groups is 1. The largest absolute Gasteiger partial charge is 0.337 e. The number of hydrogen-bond acceptors (Lipinski definition) is 7. The zero-order valence-corrected chi connectivity index (χ0v) is 16.5. The van der Waals surface area contributed by atoms with Gasteiger partial charge in [-0.3, -0.25) is 19.8 Å². The summed E-state index contributed by atoms with van der Waals surface area (Å²) in [6.45, 7) is 4.33. The van der Waals surface area contributed by atoms with Gasteiger partial charge in [-0.25, -0.2) is 0 Å². The second-order valence-corrected chi connectivity index (χ2v) is 7.13. The lowest BCUT2D eigenvalue weighted by Gasteiger charge is -2.36. The molecule has 1 aliphatic rings. The van der Waals surface area contributed by atoms with Gasteiger partial charge in [0, 0.05) is 49.4 Å². The summed E-state index contributed by atoms with van der Waals surface area (Å²) in [7, 11) is 0. The van der Waals surface area contributed by atoms with Crippen LogP contribution in [0.15, 0.2) is 59.1 Å². The lowest BCUT2D eigenvalue weighted by Crippen LogP contribution is -2.49. The second kappa shape index (κ2) is 8.42. The van der Waals surface area contributed by atoms with Gasteiger partial charge in [0.25, 0.3) is 11.6 Å². The van der Waals surface area contributed by atoms with E-state index in [1.165, 1.54) is 18.2 Å². The highest BCUT2D eigenvalue weighted by molar-refractivity contribution is 5.94. The van der Waals surface area contributed by atoms with E-state index in [1.54, 1.807) is 11.0 Å². The molecule has 9 nitrogen and oxygen atoms in total. The molecule has 4 rings (SSSR count). The van der Waals surface area contributed by atoms with E-state index >= 15 is 0 Å². The van der Waals surface area contributed by atoms with Gasteiger partial charge in [0.15, 0.2) is 0 Å². The predicted molar refractivity (Wildman–Crippen MR) is 109 cm³/mol. The number of piperazine rings is 1. The minimum atomic E-state index is -0.496. The first kappa shape index (κ1) is 19.7. The Morgan fingerprint density at radius 2 is 1.83 bits per heavy atom. The van der Waals surface area contributed by atoms with Crippen LogP contribution in [-0.4, -0.2) is 56.9 Å². The van der Waals surface area contributed by atoms with Gasteiger partial charge in [-0.05, 0) is 13.0 Å². The Morgan fingerprint density at radius 1 is 1.10 bits per heavy atom. The molecule has 0 spiro atoms. The molecule has 154 valence electrons. The monoisotopic (exact) mass is 407 g/mol. The number of aromatic nitrogens is 2.